The summed E-state index contributed by atoms with van der Waals surface area (Å²) in [4.78, 5) is 2.44. The van der Waals surface area contributed by atoms with Crippen LogP contribution in [0.2, 0.25) is 5.02 Å². The number of rotatable bonds is 6. The van der Waals surface area contributed by atoms with Gasteiger partial charge in [0.05, 0.1) is 0 Å². The first kappa shape index (κ1) is 16.8. The Kier molecular flexibility index (Phi) is 5.70. The Morgan fingerprint density at radius 2 is 1.95 bits per heavy atom. The average molecular weight is 309 g/mol. The van der Waals surface area contributed by atoms with E-state index in [9.17, 15) is 0 Å². The molecule has 0 radical (unpaired) electrons. The van der Waals surface area contributed by atoms with E-state index in [1.54, 1.807) is 0 Å². The van der Waals surface area contributed by atoms with E-state index in [2.05, 4.69) is 56.4 Å². The number of hydrogen-bond donors (Lipinski definition) is 1. The van der Waals surface area contributed by atoms with Gasteiger partial charge in [0.15, 0.2) is 0 Å². The van der Waals surface area contributed by atoms with Gasteiger partial charge in [-0.3, -0.25) is 0 Å². The van der Waals surface area contributed by atoms with Crippen molar-refractivity contribution in [1.29, 1.82) is 0 Å². The van der Waals surface area contributed by atoms with E-state index >= 15 is 0 Å². The normalized spacial score (nSPS) is 19.1. The molecule has 0 bridgehead atoms. The van der Waals surface area contributed by atoms with Crippen LogP contribution in [0.1, 0.15) is 43.7 Å². The first-order chi connectivity index (χ1) is 9.99. The van der Waals surface area contributed by atoms with Gasteiger partial charge in [-0.1, -0.05) is 43.5 Å². The molecule has 0 spiro atoms. The van der Waals surface area contributed by atoms with Crippen LogP contribution >= 0.6 is 11.6 Å². The number of nitrogens with zero attached hydrogens (tertiary/aromatic N) is 1. The molecule has 0 aliphatic heterocycles. The first-order valence-electron chi connectivity index (χ1n) is 8.15. The number of nitrogens with one attached hydrogen (secondary N) is 1. The van der Waals surface area contributed by atoms with Crippen molar-refractivity contribution < 1.29 is 0 Å². The van der Waals surface area contributed by atoms with Crippen LogP contribution < -0.4 is 5.32 Å². The second-order valence-electron chi connectivity index (χ2n) is 6.61. The highest BCUT2D eigenvalue weighted by Crippen LogP contribution is 2.38. The van der Waals surface area contributed by atoms with Crippen LogP contribution in [0.5, 0.6) is 0 Å². The van der Waals surface area contributed by atoms with Crippen molar-refractivity contribution in [2.45, 2.75) is 57.5 Å². The summed E-state index contributed by atoms with van der Waals surface area (Å²) in [6.07, 6.45) is 6.23. The lowest BCUT2D eigenvalue weighted by atomic mass is 9.83. The molecule has 1 fully saturated rings. The summed E-state index contributed by atoms with van der Waals surface area (Å²) in [6, 6.07) is 6.90. The van der Waals surface area contributed by atoms with Crippen LogP contribution in [0.4, 0.5) is 0 Å². The maximum atomic E-state index is 6.46. The van der Waals surface area contributed by atoms with Crippen molar-refractivity contribution in [3.05, 3.63) is 34.3 Å². The number of hydrogen-bond acceptors (Lipinski definition) is 2. The van der Waals surface area contributed by atoms with Crippen molar-refractivity contribution in [1.82, 2.24) is 10.2 Å². The van der Waals surface area contributed by atoms with E-state index in [4.69, 9.17) is 11.6 Å². The molecule has 3 heteroatoms. The third-order valence-electron chi connectivity index (χ3n) is 5.09. The van der Waals surface area contributed by atoms with Gasteiger partial charge in [0.2, 0.25) is 0 Å². The molecule has 0 saturated heterocycles. The topological polar surface area (TPSA) is 15.3 Å². The third kappa shape index (κ3) is 3.61. The summed E-state index contributed by atoms with van der Waals surface area (Å²) in [5.74, 6) is 0. The Bertz CT molecular complexity index is 464. The highest BCUT2D eigenvalue weighted by atomic mass is 35.5. The number of likely N-dealkylation sites (N-methyl/N-ethyl adjacent to an activating group) is 2. The van der Waals surface area contributed by atoms with Gasteiger partial charge < -0.3 is 10.2 Å². The fraction of sp³-hybridized carbons (Fsp3) is 0.667. The van der Waals surface area contributed by atoms with Gasteiger partial charge in [-0.2, -0.15) is 0 Å². The van der Waals surface area contributed by atoms with Crippen molar-refractivity contribution in [3.8, 4) is 0 Å². The average Bonchev–Trinajstić information content (AvgIpc) is 2.91. The summed E-state index contributed by atoms with van der Waals surface area (Å²) >= 11 is 6.46. The Labute approximate surface area is 134 Å². The maximum absolute atomic E-state index is 6.46. The van der Waals surface area contributed by atoms with Crippen molar-refractivity contribution in [2.24, 2.45) is 0 Å². The molecule has 118 valence electrons. The Balaban J connectivity index is 2.26. The fourth-order valence-corrected chi connectivity index (χ4v) is 4.14. The van der Waals surface area contributed by atoms with Gasteiger partial charge in [0, 0.05) is 16.6 Å². The summed E-state index contributed by atoms with van der Waals surface area (Å²) in [7, 11) is 4.46. The minimum absolute atomic E-state index is 0.268. The van der Waals surface area contributed by atoms with E-state index < -0.39 is 0 Å². The van der Waals surface area contributed by atoms with E-state index in [0.717, 1.165) is 18.0 Å². The predicted molar refractivity (Wildman–Crippen MR) is 92.2 cm³/mol. The summed E-state index contributed by atoms with van der Waals surface area (Å²) in [5, 5.41) is 4.64. The lowest BCUT2D eigenvalue weighted by Crippen LogP contribution is -2.58. The van der Waals surface area contributed by atoms with Crippen LogP contribution in [0.3, 0.4) is 0 Å². The van der Waals surface area contributed by atoms with Crippen LogP contribution in [0.15, 0.2) is 18.2 Å². The second-order valence-corrected chi connectivity index (χ2v) is 7.02. The third-order valence-corrected chi connectivity index (χ3v) is 5.44. The Hall–Kier alpha value is -0.570. The molecular weight excluding hydrogens is 280 g/mol. The van der Waals surface area contributed by atoms with Crippen LogP contribution in [-0.2, 0) is 6.42 Å². The number of aryl methyl sites for hydroxylation is 1. The zero-order valence-corrected chi connectivity index (χ0v) is 14.6. The molecule has 1 aromatic carbocycles. The van der Waals surface area contributed by atoms with Gasteiger partial charge in [0.25, 0.3) is 0 Å². The lowest BCUT2D eigenvalue weighted by Gasteiger charge is -2.44. The SMILES string of the molecule is CCNC(Cc1ccc(C)cc1Cl)C1(N(C)C)CCCC1. The molecule has 1 unspecified atom stereocenters. The summed E-state index contributed by atoms with van der Waals surface area (Å²) < 4.78 is 0. The van der Waals surface area contributed by atoms with Crippen molar-refractivity contribution in [3.63, 3.8) is 0 Å². The van der Waals surface area contributed by atoms with Crippen molar-refractivity contribution in [2.75, 3.05) is 20.6 Å². The maximum Gasteiger partial charge on any atom is 0.0441 e. The van der Waals surface area contributed by atoms with Crippen LogP contribution in [0, 0.1) is 6.92 Å². The van der Waals surface area contributed by atoms with Crippen LogP contribution in [-0.4, -0.2) is 37.1 Å². The molecule has 0 aromatic heterocycles. The molecule has 21 heavy (non-hydrogen) atoms. The molecule has 1 atom stereocenters. The highest BCUT2D eigenvalue weighted by Gasteiger charge is 2.42. The van der Waals surface area contributed by atoms with E-state index in [1.807, 2.05) is 0 Å². The molecule has 1 aliphatic carbocycles. The minimum Gasteiger partial charge on any atom is -0.312 e. The lowest BCUT2D eigenvalue weighted by molar-refractivity contribution is 0.105. The molecule has 1 aliphatic rings. The molecule has 1 N–H and O–H groups in total. The molecule has 0 heterocycles. The zero-order chi connectivity index (χ0) is 15.5. The molecular formula is C18H29ClN2. The van der Waals surface area contributed by atoms with Gasteiger partial charge in [-0.25, -0.2) is 0 Å². The standard InChI is InChI=1S/C18H29ClN2/c1-5-20-17(18(21(3)4)10-6-7-11-18)13-15-9-8-14(2)12-16(15)19/h8-9,12,17,20H,5-7,10-11,13H2,1-4H3. The van der Waals surface area contributed by atoms with Crippen LogP contribution in [0.25, 0.3) is 0 Å². The summed E-state index contributed by atoms with van der Waals surface area (Å²) in [6.45, 7) is 5.29. The number of benzene rings is 1. The second kappa shape index (κ2) is 7.13. The molecule has 0 amide bonds. The minimum atomic E-state index is 0.268. The van der Waals surface area contributed by atoms with Gasteiger partial charge in [-0.15, -0.1) is 0 Å². The molecule has 1 saturated carbocycles. The monoisotopic (exact) mass is 308 g/mol. The summed E-state index contributed by atoms with van der Waals surface area (Å²) in [5.41, 5.74) is 2.76. The smallest absolute Gasteiger partial charge is 0.0441 e. The van der Waals surface area contributed by atoms with Gasteiger partial charge in [-0.05, 0) is 64.0 Å². The number of halogens is 1. The van der Waals surface area contributed by atoms with E-state index in [-0.39, 0.29) is 5.54 Å². The quantitative estimate of drug-likeness (QED) is 0.853. The highest BCUT2D eigenvalue weighted by molar-refractivity contribution is 6.31. The van der Waals surface area contributed by atoms with Gasteiger partial charge >= 0.3 is 0 Å². The molecule has 1 aromatic rings. The van der Waals surface area contributed by atoms with Crippen molar-refractivity contribution >= 4 is 11.6 Å². The first-order valence-corrected chi connectivity index (χ1v) is 8.53. The Morgan fingerprint density at radius 3 is 2.48 bits per heavy atom. The van der Waals surface area contributed by atoms with E-state index in [1.165, 1.54) is 36.8 Å². The predicted octanol–water partition coefficient (Wildman–Crippen LogP) is 4.04. The van der Waals surface area contributed by atoms with E-state index in [0.29, 0.717) is 6.04 Å². The Morgan fingerprint density at radius 1 is 1.29 bits per heavy atom. The zero-order valence-electron chi connectivity index (χ0n) is 13.9. The van der Waals surface area contributed by atoms with Gasteiger partial charge in [0.1, 0.15) is 0 Å². The largest absolute Gasteiger partial charge is 0.312 e. The fourth-order valence-electron chi connectivity index (χ4n) is 3.83. The molecule has 2 rings (SSSR count). The molecule has 2 nitrogen and oxygen atoms in total.